The Labute approximate surface area is 157 Å². The molecule has 8 heteroatoms. The number of hydrogen-bond donors (Lipinski definition) is 2. The van der Waals surface area contributed by atoms with Crippen LogP contribution in [0.15, 0.2) is 30.5 Å². The first-order valence-corrected chi connectivity index (χ1v) is 8.81. The molecule has 0 unspecified atom stereocenters. The lowest BCUT2D eigenvalue weighted by atomic mass is 9.86. The lowest BCUT2D eigenvalue weighted by Crippen LogP contribution is -2.32. The molecule has 1 aliphatic rings. The maximum Gasteiger partial charge on any atom is 0.253 e. The molecular weight excluding hydrogens is 349 g/mol. The Morgan fingerprint density at radius 1 is 1.37 bits per heavy atom. The second kappa shape index (κ2) is 7.30. The number of rotatable bonds is 5. The van der Waals surface area contributed by atoms with Crippen molar-refractivity contribution >= 4 is 29.3 Å². The molecule has 2 heterocycles. The molecule has 0 spiro atoms. The summed E-state index contributed by atoms with van der Waals surface area (Å²) in [5.74, 6) is -0.335. The lowest BCUT2D eigenvalue weighted by Gasteiger charge is -2.21. The van der Waals surface area contributed by atoms with E-state index in [-0.39, 0.29) is 22.8 Å². The summed E-state index contributed by atoms with van der Waals surface area (Å²) in [6.45, 7) is 4.58. The van der Waals surface area contributed by atoms with Crippen LogP contribution in [0.4, 0.5) is 21.8 Å². The molecule has 7 nitrogen and oxygen atoms in total. The fourth-order valence-corrected chi connectivity index (χ4v) is 3.04. The first kappa shape index (κ1) is 18.8. The molecule has 0 saturated carbocycles. The maximum absolute atomic E-state index is 14.1. The Kier molecular flexibility index (Phi) is 5.07. The zero-order valence-corrected chi connectivity index (χ0v) is 15.5. The SMILES string of the molecule is CC[C@]1(C)CCN(c2ccnc(Nc3ccc(C(=O)NC)c(F)c3)n2)C1=O. The molecule has 1 aromatic heterocycles. The van der Waals surface area contributed by atoms with E-state index in [2.05, 4.69) is 20.6 Å². The van der Waals surface area contributed by atoms with E-state index in [1.807, 2.05) is 13.8 Å². The summed E-state index contributed by atoms with van der Waals surface area (Å²) in [5.41, 5.74) is -0.000144. The number of benzene rings is 1. The number of carbonyl (C=O) groups excluding carboxylic acids is 2. The number of carbonyl (C=O) groups is 2. The second-order valence-electron chi connectivity index (χ2n) is 6.76. The van der Waals surface area contributed by atoms with E-state index in [0.717, 1.165) is 12.8 Å². The predicted octanol–water partition coefficient (Wildman–Crippen LogP) is 2.87. The summed E-state index contributed by atoms with van der Waals surface area (Å²) in [6, 6.07) is 5.84. The maximum atomic E-state index is 14.1. The quantitative estimate of drug-likeness (QED) is 0.844. The Morgan fingerprint density at radius 3 is 2.78 bits per heavy atom. The highest BCUT2D eigenvalue weighted by Crippen LogP contribution is 2.36. The fourth-order valence-electron chi connectivity index (χ4n) is 3.04. The van der Waals surface area contributed by atoms with Gasteiger partial charge in [-0.3, -0.25) is 14.5 Å². The minimum atomic E-state index is -0.649. The molecule has 0 bridgehead atoms. The van der Waals surface area contributed by atoms with Crippen molar-refractivity contribution in [2.24, 2.45) is 5.41 Å². The van der Waals surface area contributed by atoms with Gasteiger partial charge >= 0.3 is 0 Å². The van der Waals surface area contributed by atoms with Crippen LogP contribution in [0.1, 0.15) is 37.0 Å². The van der Waals surface area contributed by atoms with E-state index in [4.69, 9.17) is 0 Å². The highest BCUT2D eigenvalue weighted by atomic mass is 19.1. The highest BCUT2D eigenvalue weighted by Gasteiger charge is 2.42. The number of aromatic nitrogens is 2. The Bertz CT molecular complexity index is 888. The van der Waals surface area contributed by atoms with Gasteiger partial charge < -0.3 is 10.6 Å². The number of hydrogen-bond acceptors (Lipinski definition) is 5. The van der Waals surface area contributed by atoms with Gasteiger partial charge in [-0.05, 0) is 37.1 Å². The zero-order valence-electron chi connectivity index (χ0n) is 15.5. The zero-order chi connectivity index (χ0) is 19.6. The van der Waals surface area contributed by atoms with Crippen LogP contribution >= 0.6 is 0 Å². The molecule has 2 amide bonds. The van der Waals surface area contributed by atoms with E-state index < -0.39 is 11.7 Å². The van der Waals surface area contributed by atoms with Crippen LogP contribution in [0, 0.1) is 11.2 Å². The summed E-state index contributed by atoms with van der Waals surface area (Å²) in [7, 11) is 1.44. The van der Waals surface area contributed by atoms with Crippen molar-refractivity contribution < 1.29 is 14.0 Å². The molecule has 2 N–H and O–H groups in total. The monoisotopic (exact) mass is 371 g/mol. The molecule has 1 aliphatic heterocycles. The van der Waals surface area contributed by atoms with Crippen molar-refractivity contribution in [1.29, 1.82) is 0 Å². The number of amides is 2. The largest absolute Gasteiger partial charge is 0.355 e. The summed E-state index contributed by atoms with van der Waals surface area (Å²) < 4.78 is 14.1. The van der Waals surface area contributed by atoms with Crippen molar-refractivity contribution in [3.8, 4) is 0 Å². The number of nitrogens with zero attached hydrogens (tertiary/aromatic N) is 3. The average Bonchev–Trinajstić information content (AvgIpc) is 2.97. The molecule has 0 radical (unpaired) electrons. The van der Waals surface area contributed by atoms with E-state index in [9.17, 15) is 14.0 Å². The van der Waals surface area contributed by atoms with Gasteiger partial charge in [-0.15, -0.1) is 0 Å². The molecule has 142 valence electrons. The summed E-state index contributed by atoms with van der Waals surface area (Å²) >= 11 is 0. The van der Waals surface area contributed by atoms with Gasteiger partial charge in [-0.2, -0.15) is 4.98 Å². The van der Waals surface area contributed by atoms with Gasteiger partial charge in [-0.25, -0.2) is 9.37 Å². The minimum Gasteiger partial charge on any atom is -0.355 e. The van der Waals surface area contributed by atoms with Crippen molar-refractivity contribution in [2.45, 2.75) is 26.7 Å². The second-order valence-corrected chi connectivity index (χ2v) is 6.76. The lowest BCUT2D eigenvalue weighted by molar-refractivity contribution is -0.124. The molecule has 27 heavy (non-hydrogen) atoms. The third-order valence-corrected chi connectivity index (χ3v) is 5.04. The first-order valence-electron chi connectivity index (χ1n) is 8.81. The first-order chi connectivity index (χ1) is 12.9. The molecule has 1 atom stereocenters. The summed E-state index contributed by atoms with van der Waals surface area (Å²) in [5, 5.41) is 5.29. The number of anilines is 3. The molecule has 0 aliphatic carbocycles. The molecule has 1 saturated heterocycles. The van der Waals surface area contributed by atoms with E-state index in [1.54, 1.807) is 23.2 Å². The van der Waals surface area contributed by atoms with Crippen LogP contribution in [0.25, 0.3) is 0 Å². The van der Waals surface area contributed by atoms with Crippen molar-refractivity contribution in [1.82, 2.24) is 15.3 Å². The summed E-state index contributed by atoms with van der Waals surface area (Å²) in [6.07, 6.45) is 3.10. The third-order valence-electron chi connectivity index (χ3n) is 5.04. The minimum absolute atomic E-state index is 0.0424. The Hall–Kier alpha value is -3.03. The predicted molar refractivity (Wildman–Crippen MR) is 100 cm³/mol. The Balaban J connectivity index is 1.80. The van der Waals surface area contributed by atoms with E-state index in [0.29, 0.717) is 18.1 Å². The van der Waals surface area contributed by atoms with E-state index >= 15 is 0 Å². The molecule has 1 fully saturated rings. The van der Waals surface area contributed by atoms with Crippen molar-refractivity contribution in [3.05, 3.63) is 41.8 Å². The Morgan fingerprint density at radius 2 is 2.15 bits per heavy atom. The third kappa shape index (κ3) is 3.60. The molecule has 2 aromatic rings. The van der Waals surface area contributed by atoms with Crippen LogP contribution in [0.2, 0.25) is 0 Å². The van der Waals surface area contributed by atoms with Gasteiger partial charge in [0.2, 0.25) is 11.9 Å². The highest BCUT2D eigenvalue weighted by molar-refractivity contribution is 5.99. The molecule has 1 aromatic carbocycles. The van der Waals surface area contributed by atoms with Gasteiger partial charge in [0.1, 0.15) is 11.6 Å². The fraction of sp³-hybridized carbons (Fsp3) is 0.368. The topological polar surface area (TPSA) is 87.2 Å². The van der Waals surface area contributed by atoms with Gasteiger partial charge in [0.05, 0.1) is 5.56 Å². The van der Waals surface area contributed by atoms with Crippen molar-refractivity contribution in [2.75, 3.05) is 23.8 Å². The van der Waals surface area contributed by atoms with Crippen LogP contribution < -0.4 is 15.5 Å². The van der Waals surface area contributed by atoms with Gasteiger partial charge in [0, 0.05) is 30.9 Å². The van der Waals surface area contributed by atoms with E-state index in [1.165, 1.54) is 19.2 Å². The standard InChI is InChI=1S/C19H22FN5O2/c1-4-19(2)8-10-25(17(19)27)15-7-9-22-18(24-15)23-12-5-6-13(14(20)11-12)16(26)21-3/h5-7,9,11H,4,8,10H2,1-3H3,(H,21,26)(H,22,23,24)/t19-/m1/s1. The number of halogens is 1. The summed E-state index contributed by atoms with van der Waals surface area (Å²) in [4.78, 5) is 34.4. The smallest absolute Gasteiger partial charge is 0.253 e. The normalized spacial score (nSPS) is 19.3. The molecule has 3 rings (SSSR count). The molecular formula is C19H22FN5O2. The van der Waals surface area contributed by atoms with Crippen LogP contribution in [0.3, 0.4) is 0 Å². The van der Waals surface area contributed by atoms with Crippen LogP contribution in [-0.2, 0) is 4.79 Å². The van der Waals surface area contributed by atoms with Crippen molar-refractivity contribution in [3.63, 3.8) is 0 Å². The van der Waals surface area contributed by atoms with Gasteiger partial charge in [0.25, 0.3) is 5.91 Å². The van der Waals surface area contributed by atoms with Gasteiger partial charge in [-0.1, -0.05) is 13.8 Å². The van der Waals surface area contributed by atoms with Gasteiger partial charge in [0.15, 0.2) is 0 Å². The number of nitrogens with one attached hydrogen (secondary N) is 2. The van der Waals surface area contributed by atoms with Crippen LogP contribution in [-0.4, -0.2) is 35.4 Å². The van der Waals surface area contributed by atoms with Crippen LogP contribution in [0.5, 0.6) is 0 Å². The average molecular weight is 371 g/mol.